The molecule has 0 aliphatic heterocycles. The largest absolute Gasteiger partial charge is 0.383 e. The van der Waals surface area contributed by atoms with Crippen LogP contribution in [-0.4, -0.2) is 40.5 Å². The van der Waals surface area contributed by atoms with Crippen LogP contribution < -0.4 is 10.6 Å². The first kappa shape index (κ1) is 19.0. The lowest BCUT2D eigenvalue weighted by molar-refractivity contribution is 0.0672. The van der Waals surface area contributed by atoms with Gasteiger partial charge in [0.05, 0.1) is 16.5 Å². The Morgan fingerprint density at radius 2 is 2.25 bits per heavy atom. The van der Waals surface area contributed by atoms with Gasteiger partial charge in [0.25, 0.3) is 0 Å². The Kier molecular flexibility index (Phi) is 6.82. The van der Waals surface area contributed by atoms with Crippen molar-refractivity contribution < 1.29 is 5.11 Å². The zero-order valence-corrected chi connectivity index (χ0v) is 16.6. The first-order valence-electron chi connectivity index (χ1n) is 7.88. The fraction of sp³-hybridized carbons (Fsp3) is 0.500. The van der Waals surface area contributed by atoms with Crippen molar-refractivity contribution in [3.63, 3.8) is 0 Å². The highest BCUT2D eigenvalue weighted by Gasteiger charge is 2.24. The Balaban J connectivity index is 1.91. The van der Waals surface area contributed by atoms with Gasteiger partial charge in [0.2, 0.25) is 0 Å². The monoisotopic (exact) mass is 413 g/mol. The SMILES string of the molecule is CCNC(=NCC(C)(O)c1cnn(C)c1)NCCc1ccc(Br)s1. The van der Waals surface area contributed by atoms with E-state index in [1.165, 1.54) is 4.88 Å². The molecule has 8 heteroatoms. The molecule has 24 heavy (non-hydrogen) atoms. The molecule has 0 saturated heterocycles. The van der Waals surface area contributed by atoms with Crippen molar-refractivity contribution in [2.75, 3.05) is 19.6 Å². The molecule has 2 heterocycles. The number of thiophene rings is 1. The van der Waals surface area contributed by atoms with Gasteiger partial charge in [-0.1, -0.05) is 0 Å². The minimum absolute atomic E-state index is 0.262. The second-order valence-electron chi connectivity index (χ2n) is 5.75. The van der Waals surface area contributed by atoms with Crippen molar-refractivity contribution in [1.29, 1.82) is 0 Å². The average molecular weight is 414 g/mol. The van der Waals surface area contributed by atoms with E-state index < -0.39 is 5.60 Å². The number of aryl methyl sites for hydroxylation is 1. The quantitative estimate of drug-likeness (QED) is 0.480. The van der Waals surface area contributed by atoms with E-state index in [4.69, 9.17) is 0 Å². The fourth-order valence-corrected chi connectivity index (χ4v) is 3.64. The van der Waals surface area contributed by atoms with Crippen LogP contribution in [-0.2, 0) is 19.1 Å². The molecular weight excluding hydrogens is 390 g/mol. The number of rotatable bonds is 7. The van der Waals surface area contributed by atoms with Gasteiger partial charge in [-0.05, 0) is 48.3 Å². The van der Waals surface area contributed by atoms with E-state index in [2.05, 4.69) is 48.8 Å². The van der Waals surface area contributed by atoms with E-state index in [1.807, 2.05) is 20.2 Å². The first-order chi connectivity index (χ1) is 11.4. The van der Waals surface area contributed by atoms with Gasteiger partial charge in [-0.3, -0.25) is 4.68 Å². The average Bonchev–Trinajstić information content (AvgIpc) is 3.14. The molecule has 0 radical (unpaired) electrons. The Morgan fingerprint density at radius 3 is 2.83 bits per heavy atom. The molecule has 0 saturated carbocycles. The third-order valence-corrected chi connectivity index (χ3v) is 5.19. The van der Waals surface area contributed by atoms with Crippen LogP contribution >= 0.6 is 27.3 Å². The number of hydrogen-bond acceptors (Lipinski definition) is 4. The lowest BCUT2D eigenvalue weighted by atomic mass is 10.0. The molecule has 0 aliphatic rings. The normalized spacial score (nSPS) is 14.5. The highest BCUT2D eigenvalue weighted by Crippen LogP contribution is 2.22. The zero-order chi connectivity index (χ0) is 17.6. The first-order valence-corrected chi connectivity index (χ1v) is 9.49. The third kappa shape index (κ3) is 5.61. The second kappa shape index (κ2) is 8.64. The van der Waals surface area contributed by atoms with Gasteiger partial charge in [-0.25, -0.2) is 4.99 Å². The summed E-state index contributed by atoms with van der Waals surface area (Å²) in [5.74, 6) is 0.706. The minimum atomic E-state index is -1.05. The molecule has 0 bridgehead atoms. The zero-order valence-electron chi connectivity index (χ0n) is 14.2. The van der Waals surface area contributed by atoms with Crippen molar-refractivity contribution in [3.05, 3.63) is 38.8 Å². The van der Waals surface area contributed by atoms with E-state index in [-0.39, 0.29) is 6.54 Å². The van der Waals surface area contributed by atoms with E-state index in [9.17, 15) is 5.11 Å². The van der Waals surface area contributed by atoms with Gasteiger partial charge in [-0.2, -0.15) is 5.10 Å². The van der Waals surface area contributed by atoms with E-state index >= 15 is 0 Å². The Hall–Kier alpha value is -1.38. The molecule has 0 aromatic carbocycles. The van der Waals surface area contributed by atoms with Crippen LogP contribution in [0.1, 0.15) is 24.3 Å². The van der Waals surface area contributed by atoms with Crippen LogP contribution in [0.2, 0.25) is 0 Å². The summed E-state index contributed by atoms with van der Waals surface area (Å²) in [4.78, 5) is 5.82. The highest BCUT2D eigenvalue weighted by atomic mass is 79.9. The molecule has 2 aromatic heterocycles. The Morgan fingerprint density at radius 1 is 1.46 bits per heavy atom. The number of hydrogen-bond donors (Lipinski definition) is 3. The van der Waals surface area contributed by atoms with Crippen LogP contribution in [0.15, 0.2) is 33.3 Å². The molecule has 2 rings (SSSR count). The van der Waals surface area contributed by atoms with Crippen molar-refractivity contribution in [2.45, 2.75) is 25.9 Å². The highest BCUT2D eigenvalue weighted by molar-refractivity contribution is 9.11. The maximum atomic E-state index is 10.6. The summed E-state index contributed by atoms with van der Waals surface area (Å²) in [6.45, 7) is 5.59. The van der Waals surface area contributed by atoms with Crippen LogP contribution in [0.4, 0.5) is 0 Å². The van der Waals surface area contributed by atoms with Gasteiger partial charge >= 0.3 is 0 Å². The molecule has 0 spiro atoms. The van der Waals surface area contributed by atoms with Gasteiger partial charge in [-0.15, -0.1) is 11.3 Å². The standard InChI is InChI=1S/C16H24BrN5OS/c1-4-18-15(19-8-7-13-5-6-14(17)24-13)20-11-16(2,23)12-9-21-22(3)10-12/h5-6,9-10,23H,4,7-8,11H2,1-3H3,(H2,18,19,20). The molecule has 6 nitrogen and oxygen atoms in total. The van der Waals surface area contributed by atoms with Crippen LogP contribution in [0, 0.1) is 0 Å². The van der Waals surface area contributed by atoms with Crippen molar-refractivity contribution in [2.24, 2.45) is 12.0 Å². The summed E-state index contributed by atoms with van der Waals surface area (Å²) in [7, 11) is 1.83. The maximum absolute atomic E-state index is 10.6. The van der Waals surface area contributed by atoms with E-state index in [0.29, 0.717) is 5.96 Å². The third-order valence-electron chi connectivity index (χ3n) is 3.51. The second-order valence-corrected chi connectivity index (χ2v) is 8.30. The molecule has 1 unspecified atom stereocenters. The summed E-state index contributed by atoms with van der Waals surface area (Å²) in [6.07, 6.45) is 4.41. The molecule has 1 atom stereocenters. The van der Waals surface area contributed by atoms with Crippen molar-refractivity contribution in [3.8, 4) is 0 Å². The lowest BCUT2D eigenvalue weighted by Gasteiger charge is -2.20. The van der Waals surface area contributed by atoms with Gasteiger partial charge in [0.1, 0.15) is 5.60 Å². The number of aliphatic imine (C=N–C) groups is 1. The summed E-state index contributed by atoms with van der Waals surface area (Å²) in [5.41, 5.74) is -0.289. The lowest BCUT2D eigenvalue weighted by Crippen LogP contribution is -2.39. The Labute approximate surface area is 155 Å². The van der Waals surface area contributed by atoms with Gasteiger partial charge in [0, 0.05) is 36.8 Å². The summed E-state index contributed by atoms with van der Waals surface area (Å²) in [5, 5.41) is 21.2. The number of nitrogens with one attached hydrogen (secondary N) is 2. The number of guanidine groups is 1. The summed E-state index contributed by atoms with van der Waals surface area (Å²) in [6, 6.07) is 4.18. The van der Waals surface area contributed by atoms with Crippen LogP contribution in [0.3, 0.4) is 0 Å². The molecule has 0 aliphatic carbocycles. The smallest absolute Gasteiger partial charge is 0.191 e. The fourth-order valence-electron chi connectivity index (χ4n) is 2.16. The molecular formula is C16H24BrN5OS. The number of aromatic nitrogens is 2. The molecule has 2 aromatic rings. The Bertz CT molecular complexity index is 680. The predicted octanol–water partition coefficient (Wildman–Crippen LogP) is 2.25. The predicted molar refractivity (Wildman–Crippen MR) is 102 cm³/mol. The molecule has 3 N–H and O–H groups in total. The molecule has 0 amide bonds. The summed E-state index contributed by atoms with van der Waals surface area (Å²) >= 11 is 5.21. The molecule has 132 valence electrons. The minimum Gasteiger partial charge on any atom is -0.383 e. The number of nitrogens with zero attached hydrogens (tertiary/aromatic N) is 3. The van der Waals surface area contributed by atoms with Crippen LogP contribution in [0.25, 0.3) is 0 Å². The number of halogens is 1. The molecule has 0 fully saturated rings. The summed E-state index contributed by atoms with van der Waals surface area (Å²) < 4.78 is 2.82. The van der Waals surface area contributed by atoms with Crippen molar-refractivity contribution >= 4 is 33.2 Å². The van der Waals surface area contributed by atoms with E-state index in [1.54, 1.807) is 29.1 Å². The van der Waals surface area contributed by atoms with Gasteiger partial charge in [0.15, 0.2) is 5.96 Å². The topological polar surface area (TPSA) is 74.5 Å². The number of aliphatic hydroxyl groups is 1. The van der Waals surface area contributed by atoms with Crippen molar-refractivity contribution in [1.82, 2.24) is 20.4 Å². The maximum Gasteiger partial charge on any atom is 0.191 e. The van der Waals surface area contributed by atoms with E-state index in [0.717, 1.165) is 28.9 Å². The van der Waals surface area contributed by atoms with Crippen LogP contribution in [0.5, 0.6) is 0 Å². The van der Waals surface area contributed by atoms with Gasteiger partial charge < -0.3 is 15.7 Å².